The summed E-state index contributed by atoms with van der Waals surface area (Å²) in [6.07, 6.45) is 1.74. The number of hydrogen-bond acceptors (Lipinski definition) is 4. The van der Waals surface area contributed by atoms with Crippen molar-refractivity contribution in [2.75, 3.05) is 39.4 Å². The summed E-state index contributed by atoms with van der Waals surface area (Å²) in [6, 6.07) is 14.0. The van der Waals surface area contributed by atoms with E-state index in [9.17, 15) is 4.79 Å². The highest BCUT2D eigenvalue weighted by atomic mass is 16.5. The number of amides is 1. The van der Waals surface area contributed by atoms with Crippen molar-refractivity contribution in [3.8, 4) is 0 Å². The molecule has 5 nitrogen and oxygen atoms in total. The van der Waals surface area contributed by atoms with Crippen LogP contribution in [0, 0.1) is 0 Å². The van der Waals surface area contributed by atoms with Gasteiger partial charge in [0.15, 0.2) is 0 Å². The van der Waals surface area contributed by atoms with E-state index in [0.717, 1.165) is 54.5 Å². The van der Waals surface area contributed by atoms with E-state index in [2.05, 4.69) is 21.3 Å². The van der Waals surface area contributed by atoms with Crippen LogP contribution in [-0.2, 0) is 4.74 Å². The van der Waals surface area contributed by atoms with E-state index in [1.54, 1.807) is 6.20 Å². The molecule has 1 aliphatic rings. The van der Waals surface area contributed by atoms with Crippen LogP contribution >= 0.6 is 0 Å². The number of nitrogens with one attached hydrogen (secondary N) is 1. The van der Waals surface area contributed by atoms with Gasteiger partial charge in [0.05, 0.1) is 24.3 Å². The third-order valence-electron chi connectivity index (χ3n) is 4.68. The number of benzene rings is 2. The quantitative estimate of drug-likeness (QED) is 0.744. The van der Waals surface area contributed by atoms with Gasteiger partial charge in [-0.1, -0.05) is 30.3 Å². The highest BCUT2D eigenvalue weighted by molar-refractivity contribution is 6.15. The van der Waals surface area contributed by atoms with Crippen molar-refractivity contribution in [1.82, 2.24) is 15.2 Å². The smallest absolute Gasteiger partial charge is 0.253 e. The van der Waals surface area contributed by atoms with Crippen LogP contribution in [-0.4, -0.2) is 55.2 Å². The third-order valence-corrected chi connectivity index (χ3v) is 4.68. The number of morpholine rings is 1. The van der Waals surface area contributed by atoms with Crippen LogP contribution in [0.15, 0.2) is 48.7 Å². The van der Waals surface area contributed by atoms with Crippen LogP contribution in [0.3, 0.4) is 0 Å². The van der Waals surface area contributed by atoms with Gasteiger partial charge >= 0.3 is 0 Å². The van der Waals surface area contributed by atoms with E-state index < -0.39 is 0 Å². The molecular weight excluding hydrogens is 314 g/mol. The van der Waals surface area contributed by atoms with Gasteiger partial charge in [-0.2, -0.15) is 0 Å². The van der Waals surface area contributed by atoms with Gasteiger partial charge in [-0.3, -0.25) is 14.7 Å². The van der Waals surface area contributed by atoms with E-state index in [-0.39, 0.29) is 5.91 Å². The Morgan fingerprint density at radius 2 is 1.92 bits per heavy atom. The normalized spacial score (nSPS) is 15.5. The lowest BCUT2D eigenvalue weighted by Gasteiger charge is -2.26. The summed E-state index contributed by atoms with van der Waals surface area (Å²) in [5, 5.41) is 6.23. The number of rotatable bonds is 4. The van der Waals surface area contributed by atoms with Crippen molar-refractivity contribution in [3.05, 3.63) is 54.2 Å². The molecule has 0 atom stereocenters. The second kappa shape index (κ2) is 7.17. The molecule has 0 spiro atoms. The molecule has 3 aromatic rings. The topological polar surface area (TPSA) is 54.5 Å². The first-order valence-electron chi connectivity index (χ1n) is 8.68. The van der Waals surface area contributed by atoms with Gasteiger partial charge in [-0.15, -0.1) is 0 Å². The molecular formula is C20H21N3O2. The van der Waals surface area contributed by atoms with Gasteiger partial charge in [0.25, 0.3) is 5.91 Å². The monoisotopic (exact) mass is 335 g/mol. The summed E-state index contributed by atoms with van der Waals surface area (Å²) < 4.78 is 5.35. The Morgan fingerprint density at radius 3 is 2.80 bits per heavy atom. The minimum atomic E-state index is -0.0669. The maximum atomic E-state index is 12.7. The predicted molar refractivity (Wildman–Crippen MR) is 98.8 cm³/mol. The van der Waals surface area contributed by atoms with Crippen molar-refractivity contribution in [3.63, 3.8) is 0 Å². The number of ether oxygens (including phenoxy) is 1. The van der Waals surface area contributed by atoms with E-state index in [0.29, 0.717) is 12.1 Å². The van der Waals surface area contributed by atoms with Crippen LogP contribution in [0.1, 0.15) is 10.4 Å². The van der Waals surface area contributed by atoms with Crippen molar-refractivity contribution in [2.24, 2.45) is 0 Å². The molecule has 25 heavy (non-hydrogen) atoms. The Balaban J connectivity index is 1.57. The number of carbonyl (C=O) groups excluding carboxylic acids is 1. The van der Waals surface area contributed by atoms with Crippen LogP contribution in [0.25, 0.3) is 21.7 Å². The second-order valence-electron chi connectivity index (χ2n) is 6.25. The first-order chi connectivity index (χ1) is 12.3. The number of pyridine rings is 1. The Bertz CT molecular complexity index is 904. The fourth-order valence-corrected chi connectivity index (χ4v) is 3.35. The average Bonchev–Trinajstić information content (AvgIpc) is 2.68. The summed E-state index contributed by atoms with van der Waals surface area (Å²) in [4.78, 5) is 19.5. The van der Waals surface area contributed by atoms with Crippen LogP contribution in [0.2, 0.25) is 0 Å². The van der Waals surface area contributed by atoms with Crippen molar-refractivity contribution in [2.45, 2.75) is 0 Å². The molecule has 1 fully saturated rings. The Kier molecular flexibility index (Phi) is 4.59. The van der Waals surface area contributed by atoms with Crippen molar-refractivity contribution < 1.29 is 9.53 Å². The number of carbonyl (C=O) groups is 1. The third kappa shape index (κ3) is 3.34. The second-order valence-corrected chi connectivity index (χ2v) is 6.25. The molecule has 1 N–H and O–H groups in total. The molecule has 0 unspecified atom stereocenters. The van der Waals surface area contributed by atoms with E-state index in [1.807, 2.05) is 36.4 Å². The molecule has 1 aromatic heterocycles. The number of hydrogen-bond donors (Lipinski definition) is 1. The first-order valence-corrected chi connectivity index (χ1v) is 8.68. The van der Waals surface area contributed by atoms with Gasteiger partial charge in [0.2, 0.25) is 0 Å². The first kappa shape index (κ1) is 16.0. The van der Waals surface area contributed by atoms with Gasteiger partial charge in [-0.05, 0) is 22.9 Å². The number of nitrogens with zero attached hydrogens (tertiary/aromatic N) is 2. The highest BCUT2D eigenvalue weighted by Gasteiger charge is 2.15. The standard InChI is InChI=1S/C20H21N3O2/c24-20(22-8-9-23-10-12-25-13-11-23)18-14-15-4-1-2-5-16(15)17-6-3-7-21-19(17)18/h1-7,14H,8-13H2,(H,22,24). The van der Waals surface area contributed by atoms with Gasteiger partial charge in [0.1, 0.15) is 0 Å². The molecule has 4 rings (SSSR count). The molecule has 5 heteroatoms. The van der Waals surface area contributed by atoms with E-state index in [4.69, 9.17) is 4.74 Å². The molecule has 2 heterocycles. The fraction of sp³-hybridized carbons (Fsp3) is 0.300. The zero-order valence-corrected chi connectivity index (χ0v) is 14.1. The van der Waals surface area contributed by atoms with Gasteiger partial charge < -0.3 is 10.1 Å². The molecule has 1 saturated heterocycles. The molecule has 0 radical (unpaired) electrons. The molecule has 0 bridgehead atoms. The molecule has 2 aromatic carbocycles. The summed E-state index contributed by atoms with van der Waals surface area (Å²) in [5.74, 6) is -0.0669. The van der Waals surface area contributed by atoms with Crippen LogP contribution < -0.4 is 5.32 Å². The lowest BCUT2D eigenvalue weighted by Crippen LogP contribution is -2.41. The molecule has 128 valence electrons. The Labute approximate surface area is 146 Å². The molecule has 1 aliphatic heterocycles. The number of fused-ring (bicyclic) bond motifs is 3. The largest absolute Gasteiger partial charge is 0.379 e. The maximum absolute atomic E-state index is 12.7. The van der Waals surface area contributed by atoms with Gasteiger partial charge in [-0.25, -0.2) is 0 Å². The maximum Gasteiger partial charge on any atom is 0.253 e. The van der Waals surface area contributed by atoms with E-state index >= 15 is 0 Å². The SMILES string of the molecule is O=C(NCCN1CCOCC1)c1cc2ccccc2c2cccnc12. The summed E-state index contributed by atoms with van der Waals surface area (Å²) >= 11 is 0. The summed E-state index contributed by atoms with van der Waals surface area (Å²) in [5.41, 5.74) is 1.39. The molecule has 1 amide bonds. The molecule has 0 saturated carbocycles. The minimum Gasteiger partial charge on any atom is -0.379 e. The van der Waals surface area contributed by atoms with Crippen LogP contribution in [0.5, 0.6) is 0 Å². The number of aromatic nitrogens is 1. The Hall–Kier alpha value is -2.50. The zero-order valence-electron chi connectivity index (χ0n) is 14.1. The van der Waals surface area contributed by atoms with Crippen molar-refractivity contribution >= 4 is 27.6 Å². The van der Waals surface area contributed by atoms with Gasteiger partial charge in [0, 0.05) is 37.8 Å². The molecule has 0 aliphatic carbocycles. The lowest BCUT2D eigenvalue weighted by molar-refractivity contribution is 0.0383. The zero-order chi connectivity index (χ0) is 17.1. The average molecular weight is 335 g/mol. The highest BCUT2D eigenvalue weighted by Crippen LogP contribution is 2.27. The lowest BCUT2D eigenvalue weighted by atomic mass is 10.0. The van der Waals surface area contributed by atoms with Crippen molar-refractivity contribution in [1.29, 1.82) is 0 Å². The predicted octanol–water partition coefficient (Wildman–Crippen LogP) is 2.45. The summed E-state index contributed by atoms with van der Waals surface area (Å²) in [6.45, 7) is 4.86. The summed E-state index contributed by atoms with van der Waals surface area (Å²) in [7, 11) is 0. The van der Waals surface area contributed by atoms with Crippen LogP contribution in [0.4, 0.5) is 0 Å². The fourth-order valence-electron chi connectivity index (χ4n) is 3.35. The minimum absolute atomic E-state index is 0.0669. The van der Waals surface area contributed by atoms with E-state index in [1.165, 1.54) is 0 Å². The Morgan fingerprint density at radius 1 is 1.12 bits per heavy atom.